The van der Waals surface area contributed by atoms with Crippen LogP contribution in [0.4, 0.5) is 0 Å². The Hall–Kier alpha value is -1.68. The van der Waals surface area contributed by atoms with Crippen molar-refractivity contribution in [3.05, 3.63) is 53.0 Å². The smallest absolute Gasteiger partial charge is 0.113 e. The van der Waals surface area contributed by atoms with Crippen molar-refractivity contribution in [3.63, 3.8) is 0 Å². The van der Waals surface area contributed by atoms with Gasteiger partial charge in [-0.25, -0.2) is 0 Å². The molecule has 72 valence electrons. The summed E-state index contributed by atoms with van der Waals surface area (Å²) < 4.78 is 0. The monoisotopic (exact) mass is 192 g/mol. The van der Waals surface area contributed by atoms with E-state index in [0.717, 1.165) is 16.7 Å². The van der Waals surface area contributed by atoms with Crippen LogP contribution in [0, 0.1) is 19.3 Å². The third-order valence-corrected chi connectivity index (χ3v) is 2.24. The van der Waals surface area contributed by atoms with Crippen LogP contribution in [-0.2, 0) is 0 Å². The Labute approximate surface area is 93.1 Å². The van der Waals surface area contributed by atoms with Crippen molar-refractivity contribution in [1.29, 1.82) is 0 Å². The molecule has 2 radical (unpaired) electrons. The van der Waals surface area contributed by atoms with E-state index in [1.54, 1.807) is 0 Å². The van der Waals surface area contributed by atoms with E-state index >= 15 is 0 Å². The molecule has 0 unspecified atom stereocenters. The first-order chi connectivity index (χ1) is 7.19. The summed E-state index contributed by atoms with van der Waals surface area (Å²) in [5, 5.41) is 0. The molecule has 0 bridgehead atoms. The van der Waals surface area contributed by atoms with Gasteiger partial charge in [0.15, 0.2) is 0 Å². The lowest BCUT2D eigenvalue weighted by Crippen LogP contribution is -1.87. The van der Waals surface area contributed by atoms with E-state index in [-0.39, 0.29) is 0 Å². The van der Waals surface area contributed by atoms with Crippen LogP contribution < -0.4 is 0 Å². The minimum absolute atomic E-state index is 0.686. The average Bonchev–Trinajstić information content (AvgIpc) is 2.26. The molecule has 0 spiro atoms. The van der Waals surface area contributed by atoms with Gasteiger partial charge in [0, 0.05) is 5.57 Å². The predicted molar refractivity (Wildman–Crippen MR) is 67.5 cm³/mol. The molecule has 0 N–H and O–H groups in total. The molecular weight excluding hydrogens is 179 g/mol. The first-order valence-corrected chi connectivity index (χ1v) is 4.85. The Bertz CT molecular complexity index is 445. The van der Waals surface area contributed by atoms with Crippen LogP contribution in [0.3, 0.4) is 0 Å². The third-order valence-electron chi connectivity index (χ3n) is 2.24. The van der Waals surface area contributed by atoms with Crippen LogP contribution in [-0.4, -0.2) is 7.85 Å². The number of rotatable bonds is 2. The second-order valence-electron chi connectivity index (χ2n) is 3.31. The van der Waals surface area contributed by atoms with Crippen LogP contribution in [0.25, 0.3) is 5.57 Å². The van der Waals surface area contributed by atoms with Crippen LogP contribution in [0.2, 0.25) is 0 Å². The molecule has 0 fully saturated rings. The maximum Gasteiger partial charge on any atom is 0.113 e. The lowest BCUT2D eigenvalue weighted by molar-refractivity contribution is 1.43. The molecule has 1 aromatic rings. The van der Waals surface area contributed by atoms with Crippen molar-refractivity contribution in [1.82, 2.24) is 0 Å². The Morgan fingerprint density at radius 2 is 2.07 bits per heavy atom. The lowest BCUT2D eigenvalue weighted by Gasteiger charge is -2.05. The van der Waals surface area contributed by atoms with Gasteiger partial charge in [0.25, 0.3) is 0 Å². The van der Waals surface area contributed by atoms with Gasteiger partial charge in [0.05, 0.1) is 0 Å². The SMILES string of the molecule is [B]C(=C/C)/C=C(\C#C)c1ccccc1C. The van der Waals surface area contributed by atoms with Gasteiger partial charge in [-0.3, -0.25) is 0 Å². The zero-order chi connectivity index (χ0) is 11.3. The highest BCUT2D eigenvalue weighted by Gasteiger charge is 2.00. The van der Waals surface area contributed by atoms with Gasteiger partial charge in [0.2, 0.25) is 0 Å². The topological polar surface area (TPSA) is 0 Å². The maximum atomic E-state index is 5.73. The van der Waals surface area contributed by atoms with Crippen molar-refractivity contribution in [2.75, 3.05) is 0 Å². The van der Waals surface area contributed by atoms with Gasteiger partial charge in [-0.15, -0.1) is 6.42 Å². The van der Waals surface area contributed by atoms with Crippen LogP contribution in [0.5, 0.6) is 0 Å². The number of aryl methyl sites for hydroxylation is 1. The molecule has 0 aliphatic rings. The van der Waals surface area contributed by atoms with Gasteiger partial charge in [0.1, 0.15) is 7.85 Å². The molecule has 0 atom stereocenters. The molecule has 0 saturated heterocycles. The summed E-state index contributed by atoms with van der Waals surface area (Å²) >= 11 is 0. The molecule has 1 heteroatoms. The van der Waals surface area contributed by atoms with Gasteiger partial charge in [-0.1, -0.05) is 47.8 Å². The largest absolute Gasteiger partial charge is 0.115 e. The second kappa shape index (κ2) is 5.27. The fraction of sp³-hybridized carbons (Fsp3) is 0.143. The highest BCUT2D eigenvalue weighted by Crippen LogP contribution is 2.18. The summed E-state index contributed by atoms with van der Waals surface area (Å²) in [6, 6.07) is 8.00. The van der Waals surface area contributed by atoms with E-state index in [4.69, 9.17) is 14.3 Å². The lowest BCUT2D eigenvalue weighted by atomic mass is 9.90. The predicted octanol–water partition coefficient (Wildman–Crippen LogP) is 3.08. The number of terminal acetylenes is 1. The molecule has 0 saturated carbocycles. The zero-order valence-electron chi connectivity index (χ0n) is 9.12. The van der Waals surface area contributed by atoms with Gasteiger partial charge in [-0.05, 0) is 25.0 Å². The Kier molecular flexibility index (Phi) is 4.00. The number of hydrogen-bond donors (Lipinski definition) is 0. The van der Waals surface area contributed by atoms with Gasteiger partial charge >= 0.3 is 0 Å². The van der Waals surface area contributed by atoms with Crippen molar-refractivity contribution >= 4 is 13.4 Å². The molecular formula is C14H13B. The van der Waals surface area contributed by atoms with E-state index in [2.05, 4.69) is 5.92 Å². The molecule has 0 aliphatic heterocycles. The van der Waals surface area contributed by atoms with E-state index < -0.39 is 0 Å². The fourth-order valence-corrected chi connectivity index (χ4v) is 1.32. The quantitative estimate of drug-likeness (QED) is 0.383. The third kappa shape index (κ3) is 2.89. The summed E-state index contributed by atoms with van der Waals surface area (Å²) in [6.07, 6.45) is 9.13. The van der Waals surface area contributed by atoms with E-state index in [1.165, 1.54) is 0 Å². The van der Waals surface area contributed by atoms with Crippen LogP contribution in [0.15, 0.2) is 41.9 Å². The standard InChI is InChI=1S/C14H13B/c1-4-12(10-13(15)5-2)14-9-7-6-8-11(14)3/h1,5-10H,2-3H3/b12-10+,13-5+. The summed E-state index contributed by atoms with van der Waals surface area (Å²) in [7, 11) is 5.73. The van der Waals surface area contributed by atoms with E-state index in [0.29, 0.717) is 5.47 Å². The number of hydrogen-bond acceptors (Lipinski definition) is 0. The van der Waals surface area contributed by atoms with E-state index in [1.807, 2.05) is 50.3 Å². The minimum Gasteiger partial charge on any atom is -0.115 e. The maximum absolute atomic E-state index is 5.73. The first kappa shape index (κ1) is 11.4. The van der Waals surface area contributed by atoms with Crippen molar-refractivity contribution < 1.29 is 0 Å². The molecule has 15 heavy (non-hydrogen) atoms. The molecule has 0 amide bonds. The van der Waals surface area contributed by atoms with Crippen molar-refractivity contribution in [2.45, 2.75) is 13.8 Å². The van der Waals surface area contributed by atoms with Gasteiger partial charge < -0.3 is 0 Å². The van der Waals surface area contributed by atoms with Crippen molar-refractivity contribution in [2.24, 2.45) is 0 Å². The Morgan fingerprint density at radius 3 is 2.60 bits per heavy atom. The fourth-order valence-electron chi connectivity index (χ4n) is 1.32. The number of allylic oxidation sites excluding steroid dienone is 4. The Balaban J connectivity index is 3.22. The number of benzene rings is 1. The average molecular weight is 192 g/mol. The highest BCUT2D eigenvalue weighted by atomic mass is 14.0. The van der Waals surface area contributed by atoms with Crippen LogP contribution in [0.1, 0.15) is 18.1 Å². The van der Waals surface area contributed by atoms with Crippen molar-refractivity contribution in [3.8, 4) is 12.3 Å². The van der Waals surface area contributed by atoms with Gasteiger partial charge in [-0.2, -0.15) is 0 Å². The molecule has 1 rings (SSSR count). The normalized spacial score (nSPS) is 12.3. The summed E-state index contributed by atoms with van der Waals surface area (Å²) in [5.74, 6) is 2.66. The van der Waals surface area contributed by atoms with Crippen LogP contribution >= 0.6 is 0 Å². The molecule has 0 aliphatic carbocycles. The minimum atomic E-state index is 0.686. The molecule has 0 nitrogen and oxygen atoms in total. The summed E-state index contributed by atoms with van der Waals surface area (Å²) in [5.41, 5.74) is 3.73. The summed E-state index contributed by atoms with van der Waals surface area (Å²) in [6.45, 7) is 3.92. The molecule has 0 aromatic heterocycles. The highest BCUT2D eigenvalue weighted by molar-refractivity contribution is 6.24. The Morgan fingerprint density at radius 1 is 1.40 bits per heavy atom. The summed E-state index contributed by atoms with van der Waals surface area (Å²) in [4.78, 5) is 0. The molecule has 1 aromatic carbocycles. The molecule has 0 heterocycles. The van der Waals surface area contributed by atoms with E-state index in [9.17, 15) is 0 Å². The first-order valence-electron chi connectivity index (χ1n) is 4.85. The zero-order valence-corrected chi connectivity index (χ0v) is 9.12. The second-order valence-corrected chi connectivity index (χ2v) is 3.31.